The molecule has 0 spiro atoms. The second-order valence-electron chi connectivity index (χ2n) is 7.97. The number of pyridine rings is 1. The lowest BCUT2D eigenvalue weighted by atomic mass is 10.1. The number of carboxylic acids is 1. The van der Waals surface area contributed by atoms with Crippen LogP contribution in [0.15, 0.2) is 22.3 Å². The van der Waals surface area contributed by atoms with Crippen LogP contribution in [0.5, 0.6) is 0 Å². The first-order chi connectivity index (χ1) is 12.9. The second kappa shape index (κ2) is 8.55. The minimum absolute atomic E-state index is 0.0872. The van der Waals surface area contributed by atoms with E-state index in [2.05, 4.69) is 49.0 Å². The van der Waals surface area contributed by atoms with Gasteiger partial charge in [-0.25, -0.2) is 4.79 Å². The molecule has 0 saturated carbocycles. The van der Waals surface area contributed by atoms with Gasteiger partial charge in [-0.15, -0.1) is 10.2 Å². The highest BCUT2D eigenvalue weighted by Gasteiger charge is 2.37. The minimum atomic E-state index is -1.92. The Morgan fingerprint density at radius 1 is 1.36 bits per heavy atom. The zero-order valence-corrected chi connectivity index (χ0v) is 18.8. The summed E-state index contributed by atoms with van der Waals surface area (Å²) in [5, 5.41) is 17.6. The van der Waals surface area contributed by atoms with Crippen LogP contribution in [0.3, 0.4) is 0 Å². The lowest BCUT2D eigenvalue weighted by Gasteiger charge is -2.35. The molecule has 0 aliphatic heterocycles. The van der Waals surface area contributed by atoms with Crippen molar-refractivity contribution >= 4 is 32.0 Å². The van der Waals surface area contributed by atoms with Crippen LogP contribution >= 0.6 is 11.6 Å². The number of hydrogen-bond acceptors (Lipinski definition) is 6. The third-order valence-corrected chi connectivity index (χ3v) is 9.69. The van der Waals surface area contributed by atoms with Gasteiger partial charge < -0.3 is 13.9 Å². The van der Waals surface area contributed by atoms with Crippen molar-refractivity contribution < 1.29 is 18.7 Å². The van der Waals surface area contributed by atoms with Gasteiger partial charge in [-0.3, -0.25) is 4.98 Å². The van der Waals surface area contributed by atoms with Gasteiger partial charge in [0.1, 0.15) is 6.61 Å². The maximum absolute atomic E-state index is 11.1. The van der Waals surface area contributed by atoms with Crippen molar-refractivity contribution in [2.24, 2.45) is 0 Å². The Kier molecular flexibility index (Phi) is 6.79. The molecule has 0 amide bonds. The van der Waals surface area contributed by atoms with Gasteiger partial charge in [-0.2, -0.15) is 0 Å². The molecule has 0 saturated heterocycles. The topological polar surface area (TPSA) is 98.3 Å². The van der Waals surface area contributed by atoms with E-state index in [0.717, 1.165) is 0 Å². The molecule has 1 N–H and O–H groups in total. The molecule has 0 aliphatic carbocycles. The summed E-state index contributed by atoms with van der Waals surface area (Å²) < 4.78 is 11.8. The molecule has 2 rings (SSSR count). The SMILES string of the molecule is CCC(=Cc1ncc(-c2nnc(CO[Si](C)(C)C(C)(C)C)o2)cc1Cl)C(=O)O. The van der Waals surface area contributed by atoms with E-state index in [4.69, 9.17) is 25.6 Å². The largest absolute Gasteiger partial charge is 0.478 e. The fraction of sp³-hybridized carbons (Fsp3) is 0.474. The third kappa shape index (κ3) is 5.27. The number of carboxylic acid groups (broad SMARTS) is 1. The van der Waals surface area contributed by atoms with Crippen molar-refractivity contribution in [3.05, 3.63) is 34.4 Å². The maximum atomic E-state index is 11.1. The van der Waals surface area contributed by atoms with E-state index in [-0.39, 0.29) is 23.1 Å². The van der Waals surface area contributed by atoms with Gasteiger partial charge in [-0.1, -0.05) is 39.3 Å². The van der Waals surface area contributed by atoms with Crippen LogP contribution in [0.2, 0.25) is 23.2 Å². The van der Waals surface area contributed by atoms with E-state index >= 15 is 0 Å². The van der Waals surface area contributed by atoms with E-state index < -0.39 is 14.3 Å². The number of aromatic nitrogens is 3. The zero-order valence-electron chi connectivity index (χ0n) is 17.0. The van der Waals surface area contributed by atoms with Crippen molar-refractivity contribution in [1.82, 2.24) is 15.2 Å². The summed E-state index contributed by atoms with van der Waals surface area (Å²) >= 11 is 6.25. The van der Waals surface area contributed by atoms with E-state index in [0.29, 0.717) is 28.6 Å². The molecule has 9 heteroatoms. The molecule has 0 fully saturated rings. The number of aliphatic carboxylic acids is 1. The van der Waals surface area contributed by atoms with Crippen molar-refractivity contribution in [2.75, 3.05) is 0 Å². The average Bonchev–Trinajstić information content (AvgIpc) is 3.06. The van der Waals surface area contributed by atoms with Gasteiger partial charge >= 0.3 is 5.97 Å². The molecule has 7 nitrogen and oxygen atoms in total. The van der Waals surface area contributed by atoms with Crippen molar-refractivity contribution in [1.29, 1.82) is 0 Å². The first kappa shape index (κ1) is 22.3. The highest BCUT2D eigenvalue weighted by atomic mass is 35.5. The fourth-order valence-corrected chi connectivity index (χ4v) is 3.18. The summed E-state index contributed by atoms with van der Waals surface area (Å²) in [6.45, 7) is 12.8. The minimum Gasteiger partial charge on any atom is -0.478 e. The molecule has 0 aliphatic rings. The van der Waals surface area contributed by atoms with Crippen LogP contribution in [-0.2, 0) is 15.8 Å². The van der Waals surface area contributed by atoms with E-state index in [1.807, 2.05) is 0 Å². The molecule has 28 heavy (non-hydrogen) atoms. The smallest absolute Gasteiger partial charge is 0.331 e. The Morgan fingerprint density at radius 3 is 2.57 bits per heavy atom. The summed E-state index contributed by atoms with van der Waals surface area (Å²) in [6.07, 6.45) is 3.36. The summed E-state index contributed by atoms with van der Waals surface area (Å²) in [4.78, 5) is 15.4. The quantitative estimate of drug-likeness (QED) is 0.483. The summed E-state index contributed by atoms with van der Waals surface area (Å²) in [6, 6.07) is 1.63. The van der Waals surface area contributed by atoms with E-state index in [9.17, 15) is 4.79 Å². The summed E-state index contributed by atoms with van der Waals surface area (Å²) in [7, 11) is -1.92. The highest BCUT2D eigenvalue weighted by molar-refractivity contribution is 6.74. The van der Waals surface area contributed by atoms with E-state index in [1.54, 1.807) is 13.0 Å². The molecular formula is C19H26ClN3O4Si. The van der Waals surface area contributed by atoms with Gasteiger partial charge in [-0.05, 0) is 36.7 Å². The lowest BCUT2D eigenvalue weighted by molar-refractivity contribution is -0.132. The molecule has 0 aromatic carbocycles. The van der Waals surface area contributed by atoms with Gasteiger partial charge in [0, 0.05) is 11.8 Å². The first-order valence-corrected chi connectivity index (χ1v) is 12.3. The normalized spacial score (nSPS) is 13.0. The van der Waals surface area contributed by atoms with Crippen LogP contribution in [0, 0.1) is 0 Å². The predicted octanol–water partition coefficient (Wildman–Crippen LogP) is 5.18. The van der Waals surface area contributed by atoms with Crippen molar-refractivity contribution in [2.45, 2.75) is 58.9 Å². The molecular weight excluding hydrogens is 398 g/mol. The van der Waals surface area contributed by atoms with Gasteiger partial charge in [0.05, 0.1) is 16.3 Å². The molecule has 0 radical (unpaired) electrons. The van der Waals surface area contributed by atoms with E-state index in [1.165, 1.54) is 12.3 Å². The number of carbonyl (C=O) groups is 1. The molecule has 2 aromatic heterocycles. The van der Waals surface area contributed by atoms with Crippen LogP contribution in [0.1, 0.15) is 45.7 Å². The first-order valence-electron chi connectivity index (χ1n) is 9.00. The summed E-state index contributed by atoms with van der Waals surface area (Å²) in [5.74, 6) is -0.320. The number of nitrogens with zero attached hydrogens (tertiary/aromatic N) is 3. The molecule has 0 bridgehead atoms. The molecule has 0 unspecified atom stereocenters. The molecule has 152 valence electrons. The number of hydrogen-bond donors (Lipinski definition) is 1. The molecule has 2 aromatic rings. The Labute approximate surface area is 170 Å². The third-order valence-electron chi connectivity index (χ3n) is 4.91. The van der Waals surface area contributed by atoms with Crippen LogP contribution < -0.4 is 0 Å². The Hall–Kier alpha value is -2.03. The Morgan fingerprint density at radius 2 is 2.04 bits per heavy atom. The Bertz CT molecular complexity index is 888. The highest BCUT2D eigenvalue weighted by Crippen LogP contribution is 2.37. The second-order valence-corrected chi connectivity index (χ2v) is 13.2. The predicted molar refractivity (Wildman–Crippen MR) is 110 cm³/mol. The zero-order chi connectivity index (χ0) is 21.1. The van der Waals surface area contributed by atoms with Crippen LogP contribution in [0.4, 0.5) is 0 Å². The van der Waals surface area contributed by atoms with Crippen LogP contribution in [-0.4, -0.2) is 34.6 Å². The molecule has 0 atom stereocenters. The van der Waals surface area contributed by atoms with Gasteiger partial charge in [0.15, 0.2) is 8.32 Å². The van der Waals surface area contributed by atoms with Crippen LogP contribution in [0.25, 0.3) is 17.5 Å². The maximum Gasteiger partial charge on any atom is 0.331 e. The average molecular weight is 424 g/mol. The van der Waals surface area contributed by atoms with Gasteiger partial charge in [0.2, 0.25) is 11.8 Å². The Balaban J connectivity index is 2.17. The monoisotopic (exact) mass is 423 g/mol. The summed E-state index contributed by atoms with van der Waals surface area (Å²) in [5.41, 5.74) is 1.16. The number of halogens is 1. The van der Waals surface area contributed by atoms with Crippen molar-refractivity contribution in [3.8, 4) is 11.5 Å². The van der Waals surface area contributed by atoms with Crippen molar-refractivity contribution in [3.63, 3.8) is 0 Å². The lowest BCUT2D eigenvalue weighted by Crippen LogP contribution is -2.40. The fourth-order valence-electron chi connectivity index (χ4n) is 2.04. The standard InChI is InChI=1S/C19H26ClN3O4Si/c1-7-12(18(24)25)9-15-14(20)8-13(10-21-15)17-23-22-16(27-17)11-26-28(5,6)19(2,3)4/h8-10H,7,11H2,1-6H3,(H,24,25). The number of rotatable bonds is 7. The van der Waals surface area contributed by atoms with Gasteiger partial charge in [0.25, 0.3) is 0 Å². The molecule has 2 heterocycles.